The molecule has 0 amide bonds. The average molecular weight is 337 g/mol. The number of aromatic carboxylic acids is 1. The van der Waals surface area contributed by atoms with Crippen molar-refractivity contribution in [2.75, 3.05) is 37.6 Å². The predicted octanol–water partition coefficient (Wildman–Crippen LogP) is 2.92. The van der Waals surface area contributed by atoms with Crippen molar-refractivity contribution in [2.24, 2.45) is 0 Å². The Bertz CT molecular complexity index is 751. The van der Waals surface area contributed by atoms with Crippen LogP contribution in [-0.2, 0) is 0 Å². The molecule has 0 aliphatic carbocycles. The van der Waals surface area contributed by atoms with Crippen LogP contribution in [-0.4, -0.2) is 53.7 Å². The number of nitrogens with zero attached hydrogens (tertiary/aromatic N) is 3. The van der Waals surface area contributed by atoms with E-state index in [9.17, 15) is 4.79 Å². The van der Waals surface area contributed by atoms with Crippen molar-refractivity contribution in [2.45, 2.75) is 6.92 Å². The molecule has 25 heavy (non-hydrogen) atoms. The lowest BCUT2D eigenvalue weighted by atomic mass is 10.2. The summed E-state index contributed by atoms with van der Waals surface area (Å²) in [6.07, 6.45) is 4.36. The highest BCUT2D eigenvalue weighted by Gasteiger charge is 2.18. The predicted molar refractivity (Wildman–Crippen MR) is 100 cm³/mol. The van der Waals surface area contributed by atoms with E-state index in [2.05, 4.69) is 39.1 Å². The second-order valence-corrected chi connectivity index (χ2v) is 6.21. The molecule has 2 aromatic rings. The Balaban J connectivity index is 1.52. The fourth-order valence-electron chi connectivity index (χ4n) is 3.01. The van der Waals surface area contributed by atoms with Gasteiger partial charge >= 0.3 is 5.97 Å². The van der Waals surface area contributed by atoms with E-state index >= 15 is 0 Å². The SMILES string of the molecule is Cc1nc(N2CCN(C/C=C/c3ccccc3)CC2)ccc1C(=O)O. The number of carboxylic acids is 1. The van der Waals surface area contributed by atoms with Crippen molar-refractivity contribution in [3.8, 4) is 0 Å². The third-order valence-corrected chi connectivity index (χ3v) is 4.47. The van der Waals surface area contributed by atoms with Crippen molar-refractivity contribution < 1.29 is 9.90 Å². The first-order valence-electron chi connectivity index (χ1n) is 8.53. The Morgan fingerprint density at radius 2 is 1.84 bits per heavy atom. The van der Waals surface area contributed by atoms with Gasteiger partial charge in [0, 0.05) is 32.7 Å². The van der Waals surface area contributed by atoms with Crippen LogP contribution in [0, 0.1) is 6.92 Å². The first kappa shape index (κ1) is 17.2. The third-order valence-electron chi connectivity index (χ3n) is 4.47. The molecule has 3 rings (SSSR count). The normalized spacial score (nSPS) is 15.6. The summed E-state index contributed by atoms with van der Waals surface area (Å²) in [4.78, 5) is 20.2. The van der Waals surface area contributed by atoms with E-state index in [4.69, 9.17) is 5.11 Å². The van der Waals surface area contributed by atoms with Gasteiger partial charge in [0.15, 0.2) is 0 Å². The maximum Gasteiger partial charge on any atom is 0.337 e. The topological polar surface area (TPSA) is 56.7 Å². The van der Waals surface area contributed by atoms with Crippen LogP contribution in [0.15, 0.2) is 48.5 Å². The molecular weight excluding hydrogens is 314 g/mol. The molecule has 0 spiro atoms. The summed E-state index contributed by atoms with van der Waals surface area (Å²) in [5.74, 6) is -0.0615. The van der Waals surface area contributed by atoms with Gasteiger partial charge in [-0.25, -0.2) is 9.78 Å². The van der Waals surface area contributed by atoms with Crippen LogP contribution < -0.4 is 4.90 Å². The number of anilines is 1. The molecule has 0 saturated carbocycles. The Kier molecular flexibility index (Phi) is 5.46. The fourth-order valence-corrected chi connectivity index (χ4v) is 3.01. The Morgan fingerprint density at radius 1 is 1.12 bits per heavy atom. The monoisotopic (exact) mass is 337 g/mol. The molecule has 2 heterocycles. The minimum Gasteiger partial charge on any atom is -0.478 e. The van der Waals surface area contributed by atoms with Gasteiger partial charge in [-0.2, -0.15) is 0 Å². The highest BCUT2D eigenvalue weighted by Crippen LogP contribution is 2.17. The number of pyridine rings is 1. The van der Waals surface area contributed by atoms with Crippen LogP contribution in [0.25, 0.3) is 6.08 Å². The molecule has 1 fully saturated rings. The number of aromatic nitrogens is 1. The Labute approximate surface area is 148 Å². The lowest BCUT2D eigenvalue weighted by Gasteiger charge is -2.35. The van der Waals surface area contributed by atoms with Crippen molar-refractivity contribution >= 4 is 17.9 Å². The zero-order chi connectivity index (χ0) is 17.6. The number of rotatable bonds is 5. The third kappa shape index (κ3) is 4.45. The highest BCUT2D eigenvalue weighted by molar-refractivity contribution is 5.89. The first-order valence-corrected chi connectivity index (χ1v) is 8.53. The molecule has 1 aromatic carbocycles. The van der Waals surface area contributed by atoms with Gasteiger partial charge in [0.2, 0.25) is 0 Å². The molecule has 1 N–H and O–H groups in total. The number of carbonyl (C=O) groups is 1. The highest BCUT2D eigenvalue weighted by atomic mass is 16.4. The zero-order valence-corrected chi connectivity index (χ0v) is 14.4. The molecular formula is C20H23N3O2. The van der Waals surface area contributed by atoms with Crippen LogP contribution >= 0.6 is 0 Å². The van der Waals surface area contributed by atoms with E-state index in [0.717, 1.165) is 38.5 Å². The number of carboxylic acid groups (broad SMARTS) is 1. The van der Waals surface area contributed by atoms with Gasteiger partial charge < -0.3 is 10.0 Å². The van der Waals surface area contributed by atoms with Crippen molar-refractivity contribution in [1.82, 2.24) is 9.88 Å². The van der Waals surface area contributed by atoms with Crippen LogP contribution in [0.2, 0.25) is 0 Å². The number of piperazine rings is 1. The van der Waals surface area contributed by atoms with E-state index < -0.39 is 5.97 Å². The van der Waals surface area contributed by atoms with Crippen LogP contribution in [0.5, 0.6) is 0 Å². The lowest BCUT2D eigenvalue weighted by molar-refractivity contribution is 0.0695. The zero-order valence-electron chi connectivity index (χ0n) is 14.4. The maximum absolute atomic E-state index is 11.1. The minimum absolute atomic E-state index is 0.272. The van der Waals surface area contributed by atoms with Gasteiger partial charge in [0.1, 0.15) is 5.82 Å². The summed E-state index contributed by atoms with van der Waals surface area (Å²) in [6, 6.07) is 13.8. The minimum atomic E-state index is -0.924. The maximum atomic E-state index is 11.1. The average Bonchev–Trinajstić information content (AvgIpc) is 2.63. The van der Waals surface area contributed by atoms with Crippen LogP contribution in [0.1, 0.15) is 21.6 Å². The van der Waals surface area contributed by atoms with Gasteiger partial charge in [-0.05, 0) is 24.6 Å². The molecule has 0 unspecified atom stereocenters. The standard InChI is InChI=1S/C20H23N3O2/c1-16-18(20(24)25)9-10-19(21-16)23-14-12-22(13-15-23)11-5-8-17-6-3-2-4-7-17/h2-10H,11-15H2,1H3,(H,24,25)/b8-5+. The summed E-state index contributed by atoms with van der Waals surface area (Å²) in [5.41, 5.74) is 2.06. The van der Waals surface area contributed by atoms with Gasteiger partial charge in [-0.1, -0.05) is 42.5 Å². The summed E-state index contributed by atoms with van der Waals surface area (Å²) in [6.45, 7) is 6.43. The molecule has 1 saturated heterocycles. The number of hydrogen-bond donors (Lipinski definition) is 1. The second kappa shape index (κ2) is 7.94. The summed E-state index contributed by atoms with van der Waals surface area (Å²) >= 11 is 0. The quantitative estimate of drug-likeness (QED) is 0.909. The molecule has 0 atom stereocenters. The van der Waals surface area contributed by atoms with E-state index in [-0.39, 0.29) is 5.56 Å². The molecule has 0 radical (unpaired) electrons. The summed E-state index contributed by atoms with van der Waals surface area (Å²) in [7, 11) is 0. The molecule has 1 aliphatic heterocycles. The summed E-state index contributed by atoms with van der Waals surface area (Å²) in [5, 5.41) is 9.10. The van der Waals surface area contributed by atoms with Gasteiger partial charge in [0.25, 0.3) is 0 Å². The van der Waals surface area contributed by atoms with Gasteiger partial charge in [0.05, 0.1) is 11.3 Å². The van der Waals surface area contributed by atoms with Gasteiger partial charge in [-0.15, -0.1) is 0 Å². The Morgan fingerprint density at radius 3 is 2.48 bits per heavy atom. The fraction of sp³-hybridized carbons (Fsp3) is 0.300. The lowest BCUT2D eigenvalue weighted by Crippen LogP contribution is -2.46. The van der Waals surface area contributed by atoms with Crippen LogP contribution in [0.4, 0.5) is 5.82 Å². The van der Waals surface area contributed by atoms with E-state index in [1.54, 1.807) is 19.1 Å². The van der Waals surface area contributed by atoms with Crippen molar-refractivity contribution in [3.63, 3.8) is 0 Å². The van der Waals surface area contributed by atoms with Crippen LogP contribution in [0.3, 0.4) is 0 Å². The molecule has 1 aliphatic rings. The van der Waals surface area contributed by atoms with E-state index in [1.807, 2.05) is 18.2 Å². The molecule has 5 heteroatoms. The number of aryl methyl sites for hydroxylation is 1. The molecule has 0 bridgehead atoms. The van der Waals surface area contributed by atoms with Crippen molar-refractivity contribution in [1.29, 1.82) is 0 Å². The smallest absolute Gasteiger partial charge is 0.337 e. The van der Waals surface area contributed by atoms with Crippen molar-refractivity contribution in [3.05, 3.63) is 65.4 Å². The first-order chi connectivity index (χ1) is 12.1. The largest absolute Gasteiger partial charge is 0.478 e. The van der Waals surface area contributed by atoms with E-state index in [0.29, 0.717) is 5.69 Å². The molecule has 130 valence electrons. The van der Waals surface area contributed by atoms with Gasteiger partial charge in [-0.3, -0.25) is 4.90 Å². The molecule has 5 nitrogen and oxygen atoms in total. The Hall–Kier alpha value is -2.66. The summed E-state index contributed by atoms with van der Waals surface area (Å²) < 4.78 is 0. The number of benzene rings is 1. The number of hydrogen-bond acceptors (Lipinski definition) is 4. The second-order valence-electron chi connectivity index (χ2n) is 6.21. The molecule has 1 aromatic heterocycles. The van der Waals surface area contributed by atoms with E-state index in [1.165, 1.54) is 5.56 Å².